The summed E-state index contributed by atoms with van der Waals surface area (Å²) < 4.78 is 5.39. The summed E-state index contributed by atoms with van der Waals surface area (Å²) in [6, 6.07) is 12.2. The Bertz CT molecular complexity index is 1100. The summed E-state index contributed by atoms with van der Waals surface area (Å²) in [5, 5.41) is 4.13. The topological polar surface area (TPSA) is 115 Å². The SMILES string of the molecule is CCNc1ccc2c(c1)CN(CC(N)=Nc1nc(N)nc3c(OC)cccc13)CC2. The summed E-state index contributed by atoms with van der Waals surface area (Å²) in [4.78, 5) is 15.5. The Hall–Kier alpha value is -3.39. The molecular weight excluding hydrogens is 378 g/mol. The lowest BCUT2D eigenvalue weighted by Gasteiger charge is -2.28. The number of nitrogens with one attached hydrogen (secondary N) is 1. The average Bonchev–Trinajstić information content (AvgIpc) is 2.73. The van der Waals surface area contributed by atoms with E-state index in [2.05, 4.69) is 50.3 Å². The molecule has 0 radical (unpaired) electrons. The molecule has 30 heavy (non-hydrogen) atoms. The van der Waals surface area contributed by atoms with Crippen LogP contribution in [0.2, 0.25) is 0 Å². The molecule has 156 valence electrons. The fourth-order valence-corrected chi connectivity index (χ4v) is 3.84. The quantitative estimate of drug-likeness (QED) is 0.427. The molecule has 1 aliphatic rings. The number of rotatable bonds is 6. The van der Waals surface area contributed by atoms with Gasteiger partial charge in [-0.25, -0.2) is 9.98 Å². The van der Waals surface area contributed by atoms with Gasteiger partial charge in [0.25, 0.3) is 0 Å². The number of para-hydroxylation sites is 1. The van der Waals surface area contributed by atoms with E-state index in [1.54, 1.807) is 7.11 Å². The lowest BCUT2D eigenvalue weighted by Crippen LogP contribution is -2.37. The third-order valence-electron chi connectivity index (χ3n) is 5.22. The molecule has 5 N–H and O–H groups in total. The maximum absolute atomic E-state index is 6.31. The Kier molecular flexibility index (Phi) is 5.67. The van der Waals surface area contributed by atoms with Crippen molar-refractivity contribution in [2.45, 2.75) is 19.9 Å². The van der Waals surface area contributed by atoms with Gasteiger partial charge in [-0.2, -0.15) is 4.98 Å². The van der Waals surface area contributed by atoms with E-state index in [0.29, 0.717) is 29.5 Å². The molecule has 8 nitrogen and oxygen atoms in total. The van der Waals surface area contributed by atoms with E-state index in [0.717, 1.165) is 37.1 Å². The highest BCUT2D eigenvalue weighted by Crippen LogP contribution is 2.30. The molecule has 0 aliphatic carbocycles. The Morgan fingerprint density at radius 2 is 2.10 bits per heavy atom. The maximum Gasteiger partial charge on any atom is 0.222 e. The molecule has 0 fully saturated rings. The van der Waals surface area contributed by atoms with E-state index in [4.69, 9.17) is 16.2 Å². The Balaban J connectivity index is 1.56. The first-order valence-electron chi connectivity index (χ1n) is 10.1. The van der Waals surface area contributed by atoms with Crippen molar-refractivity contribution in [1.82, 2.24) is 14.9 Å². The molecule has 0 spiro atoms. The zero-order valence-corrected chi connectivity index (χ0v) is 17.4. The van der Waals surface area contributed by atoms with Crippen molar-refractivity contribution in [3.05, 3.63) is 47.5 Å². The van der Waals surface area contributed by atoms with Crippen LogP contribution in [0, 0.1) is 0 Å². The van der Waals surface area contributed by atoms with Gasteiger partial charge in [-0.3, -0.25) is 4.90 Å². The number of aromatic nitrogens is 2. The van der Waals surface area contributed by atoms with Gasteiger partial charge < -0.3 is 21.5 Å². The van der Waals surface area contributed by atoms with Crippen LogP contribution in [-0.2, 0) is 13.0 Å². The van der Waals surface area contributed by atoms with Crippen LogP contribution in [0.5, 0.6) is 5.75 Å². The number of hydrogen-bond acceptors (Lipinski definition) is 7. The van der Waals surface area contributed by atoms with Gasteiger partial charge in [0, 0.05) is 30.7 Å². The summed E-state index contributed by atoms with van der Waals surface area (Å²) in [7, 11) is 1.60. The lowest BCUT2D eigenvalue weighted by atomic mass is 9.99. The molecule has 2 heterocycles. The number of nitrogens with zero attached hydrogens (tertiary/aromatic N) is 4. The monoisotopic (exact) mass is 405 g/mol. The standard InChI is InChI=1S/C22H27N7O/c1-3-25-16-8-7-14-9-10-29(12-15(14)11-16)13-19(23)26-21-17-5-4-6-18(30-2)20(17)27-22(24)28-21/h4-8,11,25H,3,9-10,12-13H2,1-2H3,(H4,23,24,26,27,28). The molecule has 3 aromatic rings. The Morgan fingerprint density at radius 1 is 1.23 bits per heavy atom. The summed E-state index contributed by atoms with van der Waals surface area (Å²) in [5.41, 5.74) is 16.7. The van der Waals surface area contributed by atoms with E-state index in [1.807, 2.05) is 18.2 Å². The second-order valence-electron chi connectivity index (χ2n) is 7.34. The average molecular weight is 406 g/mol. The summed E-state index contributed by atoms with van der Waals surface area (Å²) in [5.74, 6) is 1.71. The van der Waals surface area contributed by atoms with Crippen LogP contribution in [-0.4, -0.2) is 47.4 Å². The minimum absolute atomic E-state index is 0.140. The first-order valence-corrected chi connectivity index (χ1v) is 10.1. The van der Waals surface area contributed by atoms with Gasteiger partial charge in [-0.1, -0.05) is 12.1 Å². The van der Waals surface area contributed by atoms with Crippen molar-refractivity contribution in [2.24, 2.45) is 10.7 Å². The molecule has 2 aromatic carbocycles. The van der Waals surface area contributed by atoms with Crippen molar-refractivity contribution in [3.63, 3.8) is 0 Å². The second kappa shape index (κ2) is 8.54. The van der Waals surface area contributed by atoms with E-state index in [1.165, 1.54) is 11.1 Å². The number of ether oxygens (including phenoxy) is 1. The smallest absolute Gasteiger partial charge is 0.222 e. The third-order valence-corrected chi connectivity index (χ3v) is 5.22. The summed E-state index contributed by atoms with van der Waals surface area (Å²) in [6.45, 7) is 5.33. The van der Waals surface area contributed by atoms with Crippen LogP contribution in [0.15, 0.2) is 41.4 Å². The number of anilines is 2. The van der Waals surface area contributed by atoms with Gasteiger partial charge in [0.1, 0.15) is 17.1 Å². The van der Waals surface area contributed by atoms with Crippen LogP contribution in [0.4, 0.5) is 17.5 Å². The number of nitrogen functional groups attached to an aromatic ring is 1. The second-order valence-corrected chi connectivity index (χ2v) is 7.34. The van der Waals surface area contributed by atoms with E-state index in [-0.39, 0.29) is 5.95 Å². The molecule has 0 bridgehead atoms. The largest absolute Gasteiger partial charge is 0.494 e. The fraction of sp³-hybridized carbons (Fsp3) is 0.318. The van der Waals surface area contributed by atoms with Gasteiger partial charge in [0.2, 0.25) is 5.95 Å². The molecule has 0 atom stereocenters. The molecule has 1 aliphatic heterocycles. The highest BCUT2D eigenvalue weighted by atomic mass is 16.5. The number of amidine groups is 1. The van der Waals surface area contributed by atoms with Crippen molar-refractivity contribution < 1.29 is 4.74 Å². The van der Waals surface area contributed by atoms with E-state index in [9.17, 15) is 0 Å². The molecule has 0 saturated heterocycles. The van der Waals surface area contributed by atoms with Crippen LogP contribution < -0.4 is 21.5 Å². The van der Waals surface area contributed by atoms with Crippen molar-refractivity contribution >= 4 is 34.2 Å². The number of nitrogens with two attached hydrogens (primary N) is 2. The van der Waals surface area contributed by atoms with Crippen molar-refractivity contribution in [2.75, 3.05) is 37.8 Å². The number of fused-ring (bicyclic) bond motifs is 2. The fourth-order valence-electron chi connectivity index (χ4n) is 3.84. The minimum atomic E-state index is 0.140. The van der Waals surface area contributed by atoms with E-state index >= 15 is 0 Å². The third kappa shape index (κ3) is 4.13. The molecule has 8 heteroatoms. The summed E-state index contributed by atoms with van der Waals surface area (Å²) >= 11 is 0. The number of hydrogen-bond donors (Lipinski definition) is 3. The van der Waals surface area contributed by atoms with Gasteiger partial charge in [0.15, 0.2) is 5.82 Å². The zero-order chi connectivity index (χ0) is 21.1. The Morgan fingerprint density at radius 3 is 2.90 bits per heavy atom. The molecule has 1 aromatic heterocycles. The highest BCUT2D eigenvalue weighted by Gasteiger charge is 2.18. The highest BCUT2D eigenvalue weighted by molar-refractivity contribution is 5.96. The zero-order valence-electron chi connectivity index (χ0n) is 17.4. The predicted molar refractivity (Wildman–Crippen MR) is 121 cm³/mol. The normalized spacial score (nSPS) is 14.5. The number of aliphatic imine (C=N–C) groups is 1. The Labute approximate surface area is 176 Å². The van der Waals surface area contributed by atoms with Gasteiger partial charge in [-0.05, 0) is 48.7 Å². The molecular formula is C22H27N7O. The van der Waals surface area contributed by atoms with E-state index < -0.39 is 0 Å². The van der Waals surface area contributed by atoms with Gasteiger partial charge >= 0.3 is 0 Å². The predicted octanol–water partition coefficient (Wildman–Crippen LogP) is 2.70. The van der Waals surface area contributed by atoms with Crippen LogP contribution in [0.1, 0.15) is 18.1 Å². The molecule has 4 rings (SSSR count). The molecule has 0 amide bonds. The number of methoxy groups -OCH3 is 1. The van der Waals surface area contributed by atoms with Gasteiger partial charge in [-0.15, -0.1) is 0 Å². The van der Waals surface area contributed by atoms with Crippen LogP contribution >= 0.6 is 0 Å². The van der Waals surface area contributed by atoms with Crippen molar-refractivity contribution in [1.29, 1.82) is 0 Å². The van der Waals surface area contributed by atoms with Crippen LogP contribution in [0.25, 0.3) is 10.9 Å². The van der Waals surface area contributed by atoms with Gasteiger partial charge in [0.05, 0.1) is 13.7 Å². The van der Waals surface area contributed by atoms with Crippen molar-refractivity contribution in [3.8, 4) is 5.75 Å². The summed E-state index contributed by atoms with van der Waals surface area (Å²) in [6.07, 6.45) is 0.996. The first kappa shape index (κ1) is 19.9. The van der Waals surface area contributed by atoms with Crippen LogP contribution in [0.3, 0.4) is 0 Å². The number of benzene rings is 2. The lowest BCUT2D eigenvalue weighted by molar-refractivity contribution is 0.289. The molecule has 0 saturated carbocycles. The first-order chi connectivity index (χ1) is 14.6. The minimum Gasteiger partial charge on any atom is -0.494 e. The molecule has 0 unspecified atom stereocenters. The maximum atomic E-state index is 6.31.